The predicted molar refractivity (Wildman–Crippen MR) is 45.4 cm³/mol. The zero-order valence-electron chi connectivity index (χ0n) is 7.73. The lowest BCUT2D eigenvalue weighted by Gasteiger charge is -2.16. The molecule has 0 aromatic carbocycles. The number of aromatic nitrogens is 4. The summed E-state index contributed by atoms with van der Waals surface area (Å²) in [6.45, 7) is 4.82. The number of nitrogens with zero attached hydrogens (tertiary/aromatic N) is 4. The first-order chi connectivity index (χ1) is 5.66. The molecule has 0 aliphatic carbocycles. The van der Waals surface area contributed by atoms with E-state index < -0.39 is 0 Å². The Hall–Kier alpha value is -0.970. The lowest BCUT2D eigenvalue weighted by molar-refractivity contribution is 0.464. The van der Waals surface area contributed by atoms with E-state index in [1.54, 1.807) is 4.68 Å². The average Bonchev–Trinajstić information content (AvgIpc) is 2.38. The summed E-state index contributed by atoms with van der Waals surface area (Å²) in [4.78, 5) is 0. The van der Waals surface area contributed by atoms with Crippen LogP contribution in [0.25, 0.3) is 0 Å². The second-order valence-corrected chi connectivity index (χ2v) is 3.25. The summed E-state index contributed by atoms with van der Waals surface area (Å²) in [5.41, 5.74) is 5.62. The van der Waals surface area contributed by atoms with Gasteiger partial charge in [0.25, 0.3) is 0 Å². The Morgan fingerprint density at radius 2 is 2.17 bits per heavy atom. The summed E-state index contributed by atoms with van der Waals surface area (Å²) in [5.74, 6) is 1.59. The maximum atomic E-state index is 5.62. The first kappa shape index (κ1) is 9.12. The van der Waals surface area contributed by atoms with Crippen molar-refractivity contribution in [3.05, 3.63) is 5.82 Å². The zero-order valence-corrected chi connectivity index (χ0v) is 7.73. The fourth-order valence-corrected chi connectivity index (χ4v) is 1.23. The minimum atomic E-state index is 0.255. The molecule has 1 unspecified atom stereocenters. The van der Waals surface area contributed by atoms with Crippen molar-refractivity contribution in [3.8, 4) is 0 Å². The van der Waals surface area contributed by atoms with E-state index in [0.29, 0.717) is 12.5 Å². The van der Waals surface area contributed by atoms with Gasteiger partial charge in [0, 0.05) is 19.5 Å². The lowest BCUT2D eigenvalue weighted by atomic mass is 9.95. The van der Waals surface area contributed by atoms with Gasteiger partial charge in [-0.1, -0.05) is 13.8 Å². The Morgan fingerprint density at radius 3 is 2.50 bits per heavy atom. The molecule has 0 fully saturated rings. The van der Waals surface area contributed by atoms with Crippen LogP contribution in [0.5, 0.6) is 0 Å². The quantitative estimate of drug-likeness (QED) is 0.686. The van der Waals surface area contributed by atoms with Crippen molar-refractivity contribution in [2.45, 2.75) is 19.8 Å². The highest BCUT2D eigenvalue weighted by Crippen LogP contribution is 2.19. The first-order valence-electron chi connectivity index (χ1n) is 4.09. The molecule has 1 heterocycles. The molecule has 5 nitrogen and oxygen atoms in total. The molecule has 68 valence electrons. The second kappa shape index (κ2) is 3.62. The van der Waals surface area contributed by atoms with Gasteiger partial charge < -0.3 is 5.73 Å². The van der Waals surface area contributed by atoms with Gasteiger partial charge in [0.2, 0.25) is 0 Å². The maximum absolute atomic E-state index is 5.62. The number of rotatable bonds is 3. The molecule has 0 radical (unpaired) electrons. The zero-order chi connectivity index (χ0) is 9.14. The summed E-state index contributed by atoms with van der Waals surface area (Å²) >= 11 is 0. The second-order valence-electron chi connectivity index (χ2n) is 3.25. The smallest absolute Gasteiger partial charge is 0.155 e. The van der Waals surface area contributed by atoms with Gasteiger partial charge in [-0.15, -0.1) is 5.10 Å². The Labute approximate surface area is 71.9 Å². The lowest BCUT2D eigenvalue weighted by Crippen LogP contribution is -2.21. The van der Waals surface area contributed by atoms with E-state index in [1.165, 1.54) is 0 Å². The van der Waals surface area contributed by atoms with E-state index in [-0.39, 0.29) is 5.92 Å². The highest BCUT2D eigenvalue weighted by Gasteiger charge is 2.19. The number of aryl methyl sites for hydroxylation is 1. The summed E-state index contributed by atoms with van der Waals surface area (Å²) in [5, 5.41) is 11.3. The molecule has 2 N–H and O–H groups in total. The predicted octanol–water partition coefficient (Wildman–Crippen LogP) is -0.0916. The Kier molecular flexibility index (Phi) is 2.75. The first-order valence-corrected chi connectivity index (χ1v) is 4.09. The van der Waals surface area contributed by atoms with Crippen LogP contribution < -0.4 is 5.73 Å². The third kappa shape index (κ3) is 1.61. The van der Waals surface area contributed by atoms with E-state index >= 15 is 0 Å². The van der Waals surface area contributed by atoms with Gasteiger partial charge in [0.05, 0.1) is 0 Å². The van der Waals surface area contributed by atoms with Crippen LogP contribution in [0.2, 0.25) is 0 Å². The van der Waals surface area contributed by atoms with Crippen LogP contribution in [-0.4, -0.2) is 26.8 Å². The molecule has 0 spiro atoms. The fraction of sp³-hybridized carbons (Fsp3) is 0.857. The monoisotopic (exact) mass is 169 g/mol. The van der Waals surface area contributed by atoms with E-state index in [0.717, 1.165) is 5.82 Å². The van der Waals surface area contributed by atoms with Crippen LogP contribution in [0, 0.1) is 5.92 Å². The number of hydrogen-bond donors (Lipinski definition) is 1. The molecular weight excluding hydrogens is 154 g/mol. The molecule has 0 aliphatic rings. The van der Waals surface area contributed by atoms with E-state index in [9.17, 15) is 0 Å². The van der Waals surface area contributed by atoms with E-state index in [2.05, 4.69) is 29.4 Å². The Balaban J connectivity index is 2.87. The van der Waals surface area contributed by atoms with Crippen molar-refractivity contribution < 1.29 is 0 Å². The van der Waals surface area contributed by atoms with Crippen LogP contribution >= 0.6 is 0 Å². The fourth-order valence-electron chi connectivity index (χ4n) is 1.23. The van der Waals surface area contributed by atoms with E-state index in [4.69, 9.17) is 5.73 Å². The molecular formula is C7H15N5. The summed E-state index contributed by atoms with van der Waals surface area (Å²) in [6, 6.07) is 0. The molecule has 1 aromatic rings. The number of nitrogens with two attached hydrogens (primary N) is 1. The topological polar surface area (TPSA) is 69.6 Å². The Morgan fingerprint density at radius 1 is 1.50 bits per heavy atom. The standard InChI is InChI=1S/C7H15N5/c1-5(2)6(4-8)7-9-10-11-12(7)3/h5-6H,4,8H2,1-3H3. The average molecular weight is 169 g/mol. The van der Waals surface area contributed by atoms with Gasteiger partial charge in [0.1, 0.15) is 0 Å². The molecule has 0 saturated heterocycles. The highest BCUT2D eigenvalue weighted by molar-refractivity contribution is 4.95. The molecule has 1 aromatic heterocycles. The van der Waals surface area contributed by atoms with Gasteiger partial charge in [-0.05, 0) is 16.3 Å². The maximum Gasteiger partial charge on any atom is 0.155 e. The molecule has 1 rings (SSSR count). The van der Waals surface area contributed by atoms with Crippen molar-refractivity contribution in [3.63, 3.8) is 0 Å². The normalized spacial score (nSPS) is 13.8. The minimum Gasteiger partial charge on any atom is -0.330 e. The number of hydrogen-bond acceptors (Lipinski definition) is 4. The highest BCUT2D eigenvalue weighted by atomic mass is 15.5. The molecule has 12 heavy (non-hydrogen) atoms. The van der Waals surface area contributed by atoms with Crippen molar-refractivity contribution in [1.29, 1.82) is 0 Å². The largest absolute Gasteiger partial charge is 0.330 e. The summed E-state index contributed by atoms with van der Waals surface area (Å²) in [6.07, 6.45) is 0. The van der Waals surface area contributed by atoms with Crippen molar-refractivity contribution >= 4 is 0 Å². The summed E-state index contributed by atoms with van der Waals surface area (Å²) < 4.78 is 1.68. The summed E-state index contributed by atoms with van der Waals surface area (Å²) in [7, 11) is 1.83. The Bertz CT molecular complexity index is 242. The third-order valence-electron chi connectivity index (χ3n) is 2.04. The molecule has 0 amide bonds. The van der Waals surface area contributed by atoms with Gasteiger partial charge in [0.15, 0.2) is 5.82 Å². The molecule has 0 saturated carbocycles. The van der Waals surface area contributed by atoms with Crippen LogP contribution in [0.3, 0.4) is 0 Å². The third-order valence-corrected chi connectivity index (χ3v) is 2.04. The van der Waals surface area contributed by atoms with Crippen molar-refractivity contribution in [1.82, 2.24) is 20.2 Å². The van der Waals surface area contributed by atoms with Crippen LogP contribution in [0.4, 0.5) is 0 Å². The van der Waals surface area contributed by atoms with Gasteiger partial charge in [-0.2, -0.15) is 0 Å². The molecule has 0 bridgehead atoms. The van der Waals surface area contributed by atoms with E-state index in [1.807, 2.05) is 7.05 Å². The number of tetrazole rings is 1. The van der Waals surface area contributed by atoms with Crippen LogP contribution in [0.1, 0.15) is 25.6 Å². The minimum absolute atomic E-state index is 0.255. The molecule has 5 heteroatoms. The van der Waals surface area contributed by atoms with Crippen molar-refractivity contribution in [2.75, 3.05) is 6.54 Å². The van der Waals surface area contributed by atoms with Crippen LogP contribution in [-0.2, 0) is 7.05 Å². The van der Waals surface area contributed by atoms with Gasteiger partial charge in [-0.3, -0.25) is 0 Å². The van der Waals surface area contributed by atoms with Crippen molar-refractivity contribution in [2.24, 2.45) is 18.7 Å². The SMILES string of the molecule is CC(C)C(CN)c1nnnn1C. The van der Waals surface area contributed by atoms with Crippen LogP contribution in [0.15, 0.2) is 0 Å². The van der Waals surface area contributed by atoms with Gasteiger partial charge >= 0.3 is 0 Å². The van der Waals surface area contributed by atoms with Gasteiger partial charge in [-0.25, -0.2) is 4.68 Å². The molecule has 1 atom stereocenters. The molecule has 0 aliphatic heterocycles.